The number of carbonyl (C=O) groups excluding carboxylic acids is 1. The highest BCUT2D eigenvalue weighted by atomic mass is 16.6. The Labute approximate surface area is 147 Å². The third-order valence-electron chi connectivity index (χ3n) is 4.02. The number of ether oxygens (including phenoxy) is 2. The van der Waals surface area contributed by atoms with Gasteiger partial charge in [0.2, 0.25) is 5.90 Å². The van der Waals surface area contributed by atoms with E-state index in [1.54, 1.807) is 19.3 Å². The Hall–Kier alpha value is -2.88. The van der Waals surface area contributed by atoms with Gasteiger partial charge in [0.1, 0.15) is 5.75 Å². The van der Waals surface area contributed by atoms with E-state index < -0.39 is 5.97 Å². The van der Waals surface area contributed by atoms with Crippen molar-refractivity contribution in [3.05, 3.63) is 70.9 Å². The van der Waals surface area contributed by atoms with Gasteiger partial charge in [-0.15, -0.1) is 0 Å². The van der Waals surface area contributed by atoms with Crippen molar-refractivity contribution in [3.63, 3.8) is 0 Å². The molecule has 0 saturated carbocycles. The van der Waals surface area contributed by atoms with Crippen molar-refractivity contribution >= 4 is 17.9 Å². The molecule has 0 spiro atoms. The third-order valence-corrected chi connectivity index (χ3v) is 4.02. The predicted molar refractivity (Wildman–Crippen MR) is 98.7 cm³/mol. The minimum absolute atomic E-state index is 0.0929. The maximum Gasteiger partial charge on any atom is 0.363 e. The second-order valence-electron chi connectivity index (χ2n) is 6.94. The maximum absolute atomic E-state index is 12.1. The van der Waals surface area contributed by atoms with E-state index in [1.807, 2.05) is 30.3 Å². The molecule has 4 nitrogen and oxygen atoms in total. The molecule has 3 rings (SSSR count). The van der Waals surface area contributed by atoms with Gasteiger partial charge in [-0.2, -0.15) is 0 Å². The SMILES string of the molecule is COc1cccc(C2=N/C(=C\c3ccc(C(C)(C)C)cc3)C(=O)O2)c1. The Morgan fingerprint density at radius 1 is 1.08 bits per heavy atom. The molecule has 128 valence electrons. The standard InChI is InChI=1S/C21H21NO3/c1-21(2,3)16-10-8-14(9-11-16)12-18-20(23)25-19(22-18)15-6-5-7-17(13-15)24-4/h5-13H,1-4H3/b18-12-. The summed E-state index contributed by atoms with van der Waals surface area (Å²) < 4.78 is 10.5. The van der Waals surface area contributed by atoms with Crippen molar-refractivity contribution < 1.29 is 14.3 Å². The van der Waals surface area contributed by atoms with Crippen LogP contribution in [0.15, 0.2) is 59.2 Å². The Kier molecular flexibility index (Phi) is 4.45. The van der Waals surface area contributed by atoms with Gasteiger partial charge in [0, 0.05) is 5.56 Å². The number of esters is 1. The van der Waals surface area contributed by atoms with Crippen molar-refractivity contribution in [2.45, 2.75) is 26.2 Å². The number of benzene rings is 2. The Morgan fingerprint density at radius 2 is 1.80 bits per heavy atom. The molecule has 0 aromatic heterocycles. The van der Waals surface area contributed by atoms with Crippen LogP contribution in [0.1, 0.15) is 37.5 Å². The molecule has 2 aromatic carbocycles. The average Bonchev–Trinajstić information content (AvgIpc) is 2.95. The monoisotopic (exact) mass is 335 g/mol. The first-order valence-electron chi connectivity index (χ1n) is 8.14. The first-order chi connectivity index (χ1) is 11.9. The molecule has 1 heterocycles. The number of rotatable bonds is 3. The van der Waals surface area contributed by atoms with E-state index in [4.69, 9.17) is 9.47 Å². The van der Waals surface area contributed by atoms with Crippen LogP contribution in [0.5, 0.6) is 5.75 Å². The molecule has 0 N–H and O–H groups in total. The van der Waals surface area contributed by atoms with Crippen LogP contribution in [0.4, 0.5) is 0 Å². The van der Waals surface area contributed by atoms with Crippen LogP contribution in [0, 0.1) is 0 Å². The highest BCUT2D eigenvalue weighted by Crippen LogP contribution is 2.24. The molecule has 0 bridgehead atoms. The van der Waals surface area contributed by atoms with E-state index in [1.165, 1.54) is 5.56 Å². The number of cyclic esters (lactones) is 1. The Morgan fingerprint density at radius 3 is 2.44 bits per heavy atom. The van der Waals surface area contributed by atoms with Crippen molar-refractivity contribution in [3.8, 4) is 5.75 Å². The van der Waals surface area contributed by atoms with Crippen LogP contribution in [0.3, 0.4) is 0 Å². The molecule has 0 radical (unpaired) electrons. The van der Waals surface area contributed by atoms with E-state index in [-0.39, 0.29) is 5.41 Å². The molecule has 1 aliphatic heterocycles. The predicted octanol–water partition coefficient (Wildman–Crippen LogP) is 4.34. The second-order valence-corrected chi connectivity index (χ2v) is 6.94. The molecule has 0 aliphatic carbocycles. The zero-order chi connectivity index (χ0) is 18.0. The van der Waals surface area contributed by atoms with Gasteiger partial charge in [0.15, 0.2) is 5.70 Å². The molecular formula is C21H21NO3. The van der Waals surface area contributed by atoms with Gasteiger partial charge in [-0.3, -0.25) is 0 Å². The molecule has 2 aromatic rings. The van der Waals surface area contributed by atoms with E-state index in [9.17, 15) is 4.79 Å². The summed E-state index contributed by atoms with van der Waals surface area (Å²) in [5, 5.41) is 0. The van der Waals surface area contributed by atoms with Gasteiger partial charge in [0.25, 0.3) is 0 Å². The molecule has 0 fully saturated rings. The lowest BCUT2D eigenvalue weighted by molar-refractivity contribution is -0.129. The molecule has 0 amide bonds. The number of methoxy groups -OCH3 is 1. The first-order valence-corrected chi connectivity index (χ1v) is 8.14. The molecule has 25 heavy (non-hydrogen) atoms. The molecule has 1 aliphatic rings. The fraction of sp³-hybridized carbons (Fsp3) is 0.238. The number of nitrogens with zero attached hydrogens (tertiary/aromatic N) is 1. The van der Waals surface area contributed by atoms with Crippen molar-refractivity contribution in [1.29, 1.82) is 0 Å². The third kappa shape index (κ3) is 3.79. The summed E-state index contributed by atoms with van der Waals surface area (Å²) in [5.41, 5.74) is 3.25. The Bertz CT molecular complexity index is 855. The molecule has 0 saturated heterocycles. The van der Waals surface area contributed by atoms with Crippen LogP contribution in [0.25, 0.3) is 6.08 Å². The molecule has 0 atom stereocenters. The summed E-state index contributed by atoms with van der Waals surface area (Å²) in [7, 11) is 1.59. The number of hydrogen-bond acceptors (Lipinski definition) is 4. The van der Waals surface area contributed by atoms with Crippen molar-refractivity contribution in [2.24, 2.45) is 4.99 Å². The summed E-state index contributed by atoms with van der Waals surface area (Å²) in [6, 6.07) is 15.4. The van der Waals surface area contributed by atoms with Crippen LogP contribution in [-0.4, -0.2) is 19.0 Å². The highest BCUT2D eigenvalue weighted by molar-refractivity contribution is 6.12. The van der Waals surface area contributed by atoms with Crippen LogP contribution < -0.4 is 4.74 Å². The fourth-order valence-electron chi connectivity index (χ4n) is 2.53. The topological polar surface area (TPSA) is 47.9 Å². The van der Waals surface area contributed by atoms with Gasteiger partial charge in [-0.25, -0.2) is 9.79 Å². The first kappa shape index (κ1) is 17.0. The second kappa shape index (κ2) is 6.55. The Balaban J connectivity index is 1.88. The lowest BCUT2D eigenvalue weighted by Gasteiger charge is -2.18. The lowest BCUT2D eigenvalue weighted by atomic mass is 9.87. The molecule has 4 heteroatoms. The quantitative estimate of drug-likeness (QED) is 0.619. The van der Waals surface area contributed by atoms with Gasteiger partial charge in [-0.05, 0) is 40.8 Å². The average molecular weight is 335 g/mol. The minimum Gasteiger partial charge on any atom is -0.497 e. The van der Waals surface area contributed by atoms with Crippen LogP contribution in [0.2, 0.25) is 0 Å². The van der Waals surface area contributed by atoms with E-state index in [0.717, 1.165) is 5.56 Å². The number of aliphatic imine (C=N–C) groups is 1. The molecular weight excluding hydrogens is 314 g/mol. The van der Waals surface area contributed by atoms with E-state index >= 15 is 0 Å². The molecule has 0 unspecified atom stereocenters. The zero-order valence-electron chi connectivity index (χ0n) is 14.9. The highest BCUT2D eigenvalue weighted by Gasteiger charge is 2.24. The van der Waals surface area contributed by atoms with Gasteiger partial charge < -0.3 is 9.47 Å². The smallest absolute Gasteiger partial charge is 0.363 e. The summed E-state index contributed by atoms with van der Waals surface area (Å²) >= 11 is 0. The normalized spacial score (nSPS) is 15.9. The summed E-state index contributed by atoms with van der Waals surface area (Å²) in [4.78, 5) is 16.4. The lowest BCUT2D eigenvalue weighted by Crippen LogP contribution is -2.10. The number of carbonyl (C=O) groups is 1. The van der Waals surface area contributed by atoms with Crippen LogP contribution in [-0.2, 0) is 14.9 Å². The van der Waals surface area contributed by atoms with Crippen LogP contribution >= 0.6 is 0 Å². The minimum atomic E-state index is -0.447. The van der Waals surface area contributed by atoms with Gasteiger partial charge in [-0.1, -0.05) is 51.1 Å². The zero-order valence-corrected chi connectivity index (χ0v) is 14.9. The number of hydrogen-bond donors (Lipinski definition) is 0. The van der Waals surface area contributed by atoms with E-state index in [0.29, 0.717) is 22.9 Å². The van der Waals surface area contributed by atoms with Crippen molar-refractivity contribution in [1.82, 2.24) is 0 Å². The van der Waals surface area contributed by atoms with Gasteiger partial charge in [0.05, 0.1) is 7.11 Å². The largest absolute Gasteiger partial charge is 0.497 e. The summed E-state index contributed by atoms with van der Waals surface area (Å²) in [6.07, 6.45) is 1.74. The van der Waals surface area contributed by atoms with Crippen molar-refractivity contribution in [2.75, 3.05) is 7.11 Å². The fourth-order valence-corrected chi connectivity index (χ4v) is 2.53. The maximum atomic E-state index is 12.1. The summed E-state index contributed by atoms with van der Waals surface area (Å²) in [5.74, 6) is 0.533. The summed E-state index contributed by atoms with van der Waals surface area (Å²) in [6.45, 7) is 6.50. The van der Waals surface area contributed by atoms with E-state index in [2.05, 4.69) is 37.9 Å². The van der Waals surface area contributed by atoms with Gasteiger partial charge >= 0.3 is 5.97 Å².